The minimum Gasteiger partial charge on any atom is -0.345 e. The molecule has 1 heterocycles. The van der Waals surface area contributed by atoms with Gasteiger partial charge in [-0.25, -0.2) is 17.2 Å². The minimum atomic E-state index is -4.82. The fourth-order valence-electron chi connectivity index (χ4n) is 2.09. The number of halogens is 6. The Morgan fingerprint density at radius 3 is 2.43 bits per heavy atom. The molecule has 1 aromatic carbocycles. The van der Waals surface area contributed by atoms with Crippen molar-refractivity contribution in [2.75, 3.05) is 5.32 Å². The number of nitrogens with one attached hydrogen (secondary N) is 2. The van der Waals surface area contributed by atoms with E-state index in [4.69, 9.17) is 11.6 Å². The van der Waals surface area contributed by atoms with E-state index >= 15 is 0 Å². The Bertz CT molecular complexity index is 1020. The van der Waals surface area contributed by atoms with Crippen LogP contribution in [0.4, 0.5) is 27.6 Å². The number of carbonyl (C=O) groups is 1. The first kappa shape index (κ1) is 22.1. The largest absolute Gasteiger partial charge is 0.404 e. The van der Waals surface area contributed by atoms with Crippen LogP contribution in [-0.2, 0) is 17.1 Å². The Labute approximate surface area is 161 Å². The monoisotopic (exact) mass is 445 g/mol. The molecule has 28 heavy (non-hydrogen) atoms. The molecule has 0 bridgehead atoms. The zero-order chi connectivity index (χ0) is 21.4. The van der Waals surface area contributed by atoms with E-state index < -0.39 is 55.4 Å². The number of nitrogens with zero attached hydrogens (tertiary/aromatic N) is 1. The van der Waals surface area contributed by atoms with E-state index in [0.29, 0.717) is 6.92 Å². The van der Waals surface area contributed by atoms with Crippen LogP contribution in [-0.4, -0.2) is 31.1 Å². The van der Waals surface area contributed by atoms with Crippen molar-refractivity contribution in [3.05, 3.63) is 46.7 Å². The molecular formula is C15H13ClF5N3O3S. The van der Waals surface area contributed by atoms with Crippen LogP contribution in [0.2, 0.25) is 5.02 Å². The average molecular weight is 446 g/mol. The molecule has 0 spiro atoms. The lowest BCUT2D eigenvalue weighted by Gasteiger charge is -2.16. The second-order valence-corrected chi connectivity index (χ2v) is 7.85. The summed E-state index contributed by atoms with van der Waals surface area (Å²) in [6.45, 7) is 0.610. The molecule has 0 aliphatic carbocycles. The van der Waals surface area contributed by atoms with E-state index in [0.717, 1.165) is 29.0 Å². The normalized spacial score (nSPS) is 13.4. The van der Waals surface area contributed by atoms with Crippen molar-refractivity contribution in [2.24, 2.45) is 7.05 Å². The number of sulfonamides is 1. The highest BCUT2D eigenvalue weighted by molar-refractivity contribution is 7.89. The van der Waals surface area contributed by atoms with Gasteiger partial charge in [0.25, 0.3) is 5.91 Å². The number of rotatable bonds is 5. The number of anilines is 1. The van der Waals surface area contributed by atoms with Crippen molar-refractivity contribution in [1.82, 2.24) is 9.29 Å². The van der Waals surface area contributed by atoms with Crippen molar-refractivity contribution >= 4 is 33.2 Å². The fraction of sp³-hybridized carbons (Fsp3) is 0.267. The summed E-state index contributed by atoms with van der Waals surface area (Å²) in [6.07, 6.45) is -3.94. The van der Waals surface area contributed by atoms with Gasteiger partial charge in [-0.3, -0.25) is 4.79 Å². The van der Waals surface area contributed by atoms with Crippen LogP contribution in [0, 0.1) is 11.6 Å². The summed E-state index contributed by atoms with van der Waals surface area (Å²) < 4.78 is 91.9. The molecule has 2 aromatic rings. The van der Waals surface area contributed by atoms with Gasteiger partial charge in [0.05, 0.1) is 5.02 Å². The number of aromatic nitrogens is 1. The molecule has 2 N–H and O–H groups in total. The standard InChI is InChI=1S/C15H13ClF5N3O3S/c1-7(15(19,20)21)23-28(26,27)8-5-11(24(2)6-8)14(25)22-13-10(17)4-3-9(16)12(13)18/h3-7,23H,1-2H3,(H,22,25)/t7-/m1/s1. The number of hydrogen-bond acceptors (Lipinski definition) is 3. The summed E-state index contributed by atoms with van der Waals surface area (Å²) in [5, 5.41) is 1.46. The molecule has 1 aromatic heterocycles. The smallest absolute Gasteiger partial charge is 0.345 e. The van der Waals surface area contributed by atoms with E-state index in [9.17, 15) is 35.2 Å². The Balaban J connectivity index is 2.32. The molecule has 0 saturated carbocycles. The highest BCUT2D eigenvalue weighted by Gasteiger charge is 2.39. The average Bonchev–Trinajstić information content (AvgIpc) is 2.96. The molecule has 0 aliphatic heterocycles. The lowest BCUT2D eigenvalue weighted by molar-refractivity contribution is -0.147. The van der Waals surface area contributed by atoms with Crippen LogP contribution in [0.15, 0.2) is 29.3 Å². The van der Waals surface area contributed by atoms with E-state index in [-0.39, 0.29) is 5.69 Å². The highest BCUT2D eigenvalue weighted by Crippen LogP contribution is 2.27. The summed E-state index contributed by atoms with van der Waals surface area (Å²) in [4.78, 5) is 11.6. The van der Waals surface area contributed by atoms with Gasteiger partial charge in [0.15, 0.2) is 5.82 Å². The fourth-order valence-corrected chi connectivity index (χ4v) is 3.55. The summed E-state index contributed by atoms with van der Waals surface area (Å²) in [5.74, 6) is -3.47. The summed E-state index contributed by atoms with van der Waals surface area (Å²) in [5.41, 5.74) is -1.23. The first-order valence-electron chi connectivity index (χ1n) is 7.44. The molecule has 0 radical (unpaired) electrons. The summed E-state index contributed by atoms with van der Waals surface area (Å²) >= 11 is 5.52. The third-order valence-electron chi connectivity index (χ3n) is 3.63. The van der Waals surface area contributed by atoms with E-state index in [1.807, 2.05) is 5.32 Å². The van der Waals surface area contributed by atoms with E-state index in [1.165, 1.54) is 11.8 Å². The Morgan fingerprint density at radius 2 is 1.86 bits per heavy atom. The maximum Gasteiger partial charge on any atom is 0.404 e. The van der Waals surface area contributed by atoms with Crippen molar-refractivity contribution in [1.29, 1.82) is 0 Å². The van der Waals surface area contributed by atoms with Gasteiger partial charge in [-0.05, 0) is 25.1 Å². The quantitative estimate of drug-likeness (QED) is 0.546. The molecular weight excluding hydrogens is 433 g/mol. The zero-order valence-electron chi connectivity index (χ0n) is 14.2. The number of carbonyl (C=O) groups excluding carboxylic acids is 1. The van der Waals surface area contributed by atoms with Gasteiger partial charge >= 0.3 is 6.18 Å². The molecule has 6 nitrogen and oxygen atoms in total. The third kappa shape index (κ3) is 4.62. The van der Waals surface area contributed by atoms with Crippen LogP contribution in [0.25, 0.3) is 0 Å². The molecule has 0 saturated heterocycles. The predicted molar refractivity (Wildman–Crippen MR) is 90.6 cm³/mol. The van der Waals surface area contributed by atoms with Gasteiger partial charge in [-0.2, -0.15) is 17.9 Å². The molecule has 0 aliphatic rings. The molecule has 0 fully saturated rings. The van der Waals surface area contributed by atoms with Crippen LogP contribution < -0.4 is 10.0 Å². The van der Waals surface area contributed by atoms with Crippen LogP contribution in [0.3, 0.4) is 0 Å². The third-order valence-corrected chi connectivity index (χ3v) is 5.43. The number of alkyl halides is 3. The van der Waals surface area contributed by atoms with Crippen LogP contribution >= 0.6 is 11.6 Å². The summed E-state index contributed by atoms with van der Waals surface area (Å²) in [6, 6.07) is 0.137. The topological polar surface area (TPSA) is 80.2 Å². The van der Waals surface area contributed by atoms with Gasteiger partial charge in [0.2, 0.25) is 10.0 Å². The first-order chi connectivity index (χ1) is 12.7. The molecule has 1 atom stereocenters. The maximum absolute atomic E-state index is 13.9. The van der Waals surface area contributed by atoms with Crippen molar-refractivity contribution in [3.8, 4) is 0 Å². The molecule has 154 valence electrons. The van der Waals surface area contributed by atoms with Gasteiger partial charge in [-0.15, -0.1) is 0 Å². The van der Waals surface area contributed by atoms with Gasteiger partial charge in [0.1, 0.15) is 28.1 Å². The number of aryl methyl sites for hydroxylation is 1. The van der Waals surface area contributed by atoms with Crippen molar-refractivity contribution < 1.29 is 35.2 Å². The van der Waals surface area contributed by atoms with Crippen LogP contribution in [0.5, 0.6) is 0 Å². The summed E-state index contributed by atoms with van der Waals surface area (Å²) in [7, 11) is -3.39. The van der Waals surface area contributed by atoms with Crippen molar-refractivity contribution in [3.63, 3.8) is 0 Å². The first-order valence-corrected chi connectivity index (χ1v) is 9.30. The lowest BCUT2D eigenvalue weighted by atomic mass is 10.2. The predicted octanol–water partition coefficient (Wildman–Crippen LogP) is 3.44. The molecule has 0 unspecified atom stereocenters. The number of benzene rings is 1. The van der Waals surface area contributed by atoms with E-state index in [2.05, 4.69) is 0 Å². The SMILES string of the molecule is C[C@@H](NS(=O)(=O)c1cc(C(=O)Nc2c(F)ccc(Cl)c2F)n(C)c1)C(F)(F)F. The minimum absolute atomic E-state index is 0.376. The molecule has 13 heteroatoms. The number of amides is 1. The van der Waals surface area contributed by atoms with Crippen LogP contribution in [0.1, 0.15) is 17.4 Å². The van der Waals surface area contributed by atoms with Crippen molar-refractivity contribution in [2.45, 2.75) is 24.0 Å². The highest BCUT2D eigenvalue weighted by atomic mass is 35.5. The maximum atomic E-state index is 13.9. The zero-order valence-corrected chi connectivity index (χ0v) is 15.8. The molecule has 1 amide bonds. The number of hydrogen-bond donors (Lipinski definition) is 2. The van der Waals surface area contributed by atoms with E-state index in [1.54, 1.807) is 0 Å². The lowest BCUT2D eigenvalue weighted by Crippen LogP contribution is -2.42. The van der Waals surface area contributed by atoms with Gasteiger partial charge in [0, 0.05) is 13.2 Å². The van der Waals surface area contributed by atoms with Gasteiger partial charge in [-0.1, -0.05) is 11.6 Å². The molecule has 2 rings (SSSR count). The Morgan fingerprint density at radius 1 is 1.25 bits per heavy atom. The second-order valence-electron chi connectivity index (χ2n) is 5.73. The second kappa shape index (κ2) is 7.68. The Hall–Kier alpha value is -2.18. The van der Waals surface area contributed by atoms with Gasteiger partial charge < -0.3 is 9.88 Å². The Kier molecular flexibility index (Phi) is 6.07.